The SMILES string of the molecule is CN(C)C(On1nnc2cccnc21)=[N+](C)C.FP(F)(F)(F)F.[F-]. The molecule has 24 heavy (non-hydrogen) atoms. The minimum Gasteiger partial charge on any atom is -1.00 e. The third kappa shape index (κ3) is 7.90. The summed E-state index contributed by atoms with van der Waals surface area (Å²) in [7, 11) is -0.987. The van der Waals surface area contributed by atoms with Gasteiger partial charge in [0.1, 0.15) is 5.52 Å². The molecule has 0 saturated heterocycles. The van der Waals surface area contributed by atoms with Gasteiger partial charge >= 0.3 is 35.2 Å². The van der Waals surface area contributed by atoms with Crippen LogP contribution in [-0.2, 0) is 0 Å². The molecule has 138 valence electrons. The molecule has 0 unspecified atom stereocenters. The third-order valence-electron chi connectivity index (χ3n) is 2.11. The van der Waals surface area contributed by atoms with Gasteiger partial charge in [-0.3, -0.25) is 4.84 Å². The second-order valence-corrected chi connectivity index (χ2v) is 5.89. The van der Waals surface area contributed by atoms with Crippen molar-refractivity contribution in [2.45, 2.75) is 0 Å². The Morgan fingerprint density at radius 1 is 1.21 bits per heavy atom. The predicted octanol–water partition coefficient (Wildman–Crippen LogP) is -0.589. The molecule has 0 amide bonds. The molecule has 14 heteroatoms. The maximum atomic E-state index is 9.84. The summed E-state index contributed by atoms with van der Waals surface area (Å²) in [6, 6.07) is 4.28. The fraction of sp³-hybridized carbons (Fsp3) is 0.400. The van der Waals surface area contributed by atoms with Crippen LogP contribution in [0.1, 0.15) is 0 Å². The summed E-state index contributed by atoms with van der Waals surface area (Å²) in [6.07, 6.45) is 1.68. The van der Waals surface area contributed by atoms with Crippen molar-refractivity contribution in [1.29, 1.82) is 0 Å². The van der Waals surface area contributed by atoms with Gasteiger partial charge in [-0.15, -0.1) is 5.10 Å². The molecule has 2 heterocycles. The number of hydrogen-bond donors (Lipinski definition) is 0. The van der Waals surface area contributed by atoms with E-state index in [2.05, 4.69) is 15.3 Å². The third-order valence-corrected chi connectivity index (χ3v) is 2.11. The quantitative estimate of drug-likeness (QED) is 0.218. The zero-order valence-corrected chi connectivity index (χ0v) is 13.9. The van der Waals surface area contributed by atoms with E-state index in [-0.39, 0.29) is 4.70 Å². The summed E-state index contributed by atoms with van der Waals surface area (Å²) in [5.74, 6) is 0. The summed E-state index contributed by atoms with van der Waals surface area (Å²) >= 11 is 0. The van der Waals surface area contributed by atoms with E-state index in [1.807, 2.05) is 49.8 Å². The number of nitrogens with zero attached hydrogens (tertiary/aromatic N) is 6. The number of fused-ring (bicyclic) bond motifs is 1. The predicted molar refractivity (Wildman–Crippen MR) is 75.2 cm³/mol. The van der Waals surface area contributed by atoms with E-state index in [4.69, 9.17) is 4.84 Å². The Kier molecular flexibility index (Phi) is 6.91. The molecule has 0 N–H and O–H groups in total. The second kappa shape index (κ2) is 7.60. The molecule has 0 atom stereocenters. The van der Waals surface area contributed by atoms with Crippen LogP contribution >= 0.6 is 8.16 Å². The molecule has 0 aliphatic heterocycles. The first-order valence-corrected chi connectivity index (χ1v) is 7.69. The number of pyridine rings is 1. The molecule has 2 aromatic rings. The number of aromatic nitrogens is 4. The van der Waals surface area contributed by atoms with Gasteiger partial charge in [-0.2, -0.15) is 0 Å². The van der Waals surface area contributed by atoms with E-state index in [1.54, 1.807) is 6.20 Å². The van der Waals surface area contributed by atoms with Crippen LogP contribution in [0.2, 0.25) is 0 Å². The fourth-order valence-electron chi connectivity index (χ4n) is 1.45. The number of amidine groups is 1. The molecular weight excluding hydrogens is 365 g/mol. The van der Waals surface area contributed by atoms with Crippen LogP contribution < -0.4 is 9.54 Å². The van der Waals surface area contributed by atoms with Gasteiger partial charge in [0.2, 0.25) is 5.65 Å². The Morgan fingerprint density at radius 2 is 1.75 bits per heavy atom. The van der Waals surface area contributed by atoms with Crippen molar-refractivity contribution in [2.24, 2.45) is 0 Å². The molecule has 2 aromatic heterocycles. The fourth-order valence-corrected chi connectivity index (χ4v) is 1.45. The second-order valence-electron chi connectivity index (χ2n) is 4.61. The van der Waals surface area contributed by atoms with E-state index in [0.717, 1.165) is 0 Å². The molecule has 7 nitrogen and oxygen atoms in total. The van der Waals surface area contributed by atoms with E-state index >= 15 is 0 Å². The number of hydrogen-bond acceptors (Lipinski definition) is 4. The average Bonchev–Trinajstić information content (AvgIpc) is 2.75. The van der Waals surface area contributed by atoms with E-state index in [1.165, 1.54) is 4.85 Å². The van der Waals surface area contributed by atoms with Crippen LogP contribution in [0, 0.1) is 0 Å². The van der Waals surface area contributed by atoms with Crippen LogP contribution in [0.3, 0.4) is 0 Å². The summed E-state index contributed by atoms with van der Waals surface area (Å²) in [4.78, 5) is 13.0. The molecule has 0 aliphatic carbocycles. The summed E-state index contributed by atoms with van der Waals surface area (Å²) in [5.41, 5.74) is 1.29. The standard InChI is InChI=1S/C10H15N6O.F5P.FH/c1-14(2)10(15(3)4)17-16-9-8(12-13-16)6-5-7-11-9;1-6(2,3,4)5;/h5-7H,1-4H3;;1H/q+1;;/p-1. The maximum Gasteiger partial charge on any atom is -1.00 e. The van der Waals surface area contributed by atoms with Crippen molar-refractivity contribution >= 4 is 25.3 Å². The van der Waals surface area contributed by atoms with E-state index in [0.29, 0.717) is 17.2 Å². The Morgan fingerprint density at radius 3 is 2.21 bits per heavy atom. The molecule has 0 spiro atoms. The largest absolute Gasteiger partial charge is 1.00 e. The first-order valence-electron chi connectivity index (χ1n) is 6.00. The Labute approximate surface area is 133 Å². The molecule has 0 aromatic carbocycles. The van der Waals surface area contributed by atoms with Crippen molar-refractivity contribution in [3.8, 4) is 0 Å². The Bertz CT molecular complexity index is 691. The first kappa shape index (κ1) is 21.8. The van der Waals surface area contributed by atoms with E-state index in [9.17, 15) is 21.0 Å². The van der Waals surface area contributed by atoms with Crippen LogP contribution in [-0.4, -0.2) is 63.8 Å². The van der Waals surface area contributed by atoms with Crippen molar-refractivity contribution in [3.05, 3.63) is 18.3 Å². The first-order chi connectivity index (χ1) is 10.3. The smallest absolute Gasteiger partial charge is 1.00 e. The van der Waals surface area contributed by atoms with Gasteiger partial charge in [0.05, 0.1) is 28.2 Å². The van der Waals surface area contributed by atoms with Gasteiger partial charge in [-0.05, 0) is 22.2 Å². The monoisotopic (exact) mass is 380 g/mol. The molecule has 0 aliphatic rings. The molecule has 2 rings (SSSR count). The summed E-state index contributed by atoms with van der Waals surface area (Å²) in [6.45, 7) is 0. The Balaban J connectivity index is 0.000000655. The van der Waals surface area contributed by atoms with Crippen LogP contribution in [0.5, 0.6) is 0 Å². The van der Waals surface area contributed by atoms with Crippen molar-refractivity contribution in [2.75, 3.05) is 28.2 Å². The molecular formula is C10H15F6N6OP. The van der Waals surface area contributed by atoms with Gasteiger partial charge in [0, 0.05) is 6.20 Å². The van der Waals surface area contributed by atoms with Crippen LogP contribution in [0.25, 0.3) is 11.2 Å². The molecule has 0 saturated carbocycles. The van der Waals surface area contributed by atoms with Gasteiger partial charge in [0.15, 0.2) is 0 Å². The van der Waals surface area contributed by atoms with Gasteiger partial charge in [0.25, 0.3) is 0 Å². The Hall–Kier alpha value is -2.17. The van der Waals surface area contributed by atoms with Crippen molar-refractivity contribution < 1.29 is 35.1 Å². The minimum absolute atomic E-state index is 0. The molecule has 0 bridgehead atoms. The van der Waals surface area contributed by atoms with Gasteiger partial charge in [-0.1, -0.05) is 0 Å². The molecule has 0 fully saturated rings. The number of halogens is 6. The minimum atomic E-state index is -8.55. The molecule has 0 radical (unpaired) electrons. The maximum absolute atomic E-state index is 9.84. The van der Waals surface area contributed by atoms with Crippen LogP contribution in [0.15, 0.2) is 18.3 Å². The van der Waals surface area contributed by atoms with E-state index < -0.39 is 8.16 Å². The van der Waals surface area contributed by atoms with Crippen LogP contribution in [0.4, 0.5) is 21.0 Å². The zero-order valence-electron chi connectivity index (χ0n) is 13.0. The number of rotatable bonds is 1. The van der Waals surface area contributed by atoms with Gasteiger partial charge < -0.3 is 4.70 Å². The van der Waals surface area contributed by atoms with Gasteiger partial charge in [-0.25, -0.2) is 14.5 Å². The van der Waals surface area contributed by atoms with Crippen molar-refractivity contribution in [3.63, 3.8) is 0 Å². The normalized spacial score (nSPS) is 12.1. The summed E-state index contributed by atoms with van der Waals surface area (Å²) < 4.78 is 51.0. The topological polar surface area (TPSA) is 59.1 Å². The van der Waals surface area contributed by atoms with Crippen molar-refractivity contribution in [1.82, 2.24) is 25.0 Å². The average molecular weight is 380 g/mol. The zero-order chi connectivity index (χ0) is 17.9. The summed E-state index contributed by atoms with van der Waals surface area (Å²) in [5, 5.41) is 7.87.